The summed E-state index contributed by atoms with van der Waals surface area (Å²) >= 11 is 0. The Kier molecular flexibility index (Phi) is 3.34. The minimum atomic E-state index is -0.559. The predicted molar refractivity (Wildman–Crippen MR) is 69.0 cm³/mol. The van der Waals surface area contributed by atoms with Crippen molar-refractivity contribution in [3.8, 4) is 5.88 Å². The summed E-state index contributed by atoms with van der Waals surface area (Å²) in [6.07, 6.45) is 5.34. The molecule has 0 amide bonds. The molecule has 0 unspecified atom stereocenters. The highest BCUT2D eigenvalue weighted by Gasteiger charge is 2.28. The molecule has 0 aliphatic heterocycles. The molecule has 2 heterocycles. The molecular weight excluding hydrogens is 228 g/mol. The summed E-state index contributed by atoms with van der Waals surface area (Å²) in [7, 11) is 1.94. The van der Waals surface area contributed by atoms with Crippen LogP contribution in [0.5, 0.6) is 5.88 Å². The van der Waals surface area contributed by atoms with Crippen molar-refractivity contribution >= 4 is 0 Å². The first-order valence-electron chi connectivity index (χ1n) is 5.85. The molecule has 18 heavy (non-hydrogen) atoms. The topological polar surface area (TPSA) is 66.0 Å². The van der Waals surface area contributed by atoms with E-state index in [0.29, 0.717) is 12.4 Å². The fraction of sp³-hybridized carbons (Fsp3) is 0.385. The number of rotatable bonds is 4. The Bertz CT molecular complexity index is 533. The number of hydrogen-bond donors (Lipinski definition) is 1. The van der Waals surface area contributed by atoms with Crippen LogP contribution in [0.2, 0.25) is 0 Å². The molecule has 0 fully saturated rings. The molecule has 5 nitrogen and oxygen atoms in total. The summed E-state index contributed by atoms with van der Waals surface area (Å²) < 4.78 is 7.91. The summed E-state index contributed by atoms with van der Waals surface area (Å²) in [4.78, 5) is 8.55. The van der Waals surface area contributed by atoms with Crippen molar-refractivity contribution < 1.29 is 4.74 Å². The summed E-state index contributed by atoms with van der Waals surface area (Å²) in [5, 5.41) is 0. The number of pyridine rings is 1. The second-order valence-corrected chi connectivity index (χ2v) is 4.65. The van der Waals surface area contributed by atoms with Crippen molar-refractivity contribution in [3.63, 3.8) is 0 Å². The van der Waals surface area contributed by atoms with Crippen LogP contribution in [0.1, 0.15) is 25.2 Å². The summed E-state index contributed by atoms with van der Waals surface area (Å²) in [6, 6.07) is 3.76. The van der Waals surface area contributed by atoms with Crippen molar-refractivity contribution in [3.05, 3.63) is 42.1 Å². The molecule has 0 radical (unpaired) electrons. The van der Waals surface area contributed by atoms with Crippen molar-refractivity contribution in [2.75, 3.05) is 0 Å². The zero-order valence-electron chi connectivity index (χ0n) is 10.9. The lowest BCUT2D eigenvalue weighted by atomic mass is 10.1. The number of ether oxygens (including phenoxy) is 1. The van der Waals surface area contributed by atoms with Crippen molar-refractivity contribution in [1.82, 2.24) is 14.5 Å². The average Bonchev–Trinajstić information content (AvgIpc) is 2.76. The highest BCUT2D eigenvalue weighted by atomic mass is 16.5. The number of aromatic nitrogens is 3. The molecule has 0 atom stereocenters. The smallest absolute Gasteiger partial charge is 0.218 e. The second-order valence-electron chi connectivity index (χ2n) is 4.65. The quantitative estimate of drug-likeness (QED) is 0.889. The maximum absolute atomic E-state index is 5.97. The Hall–Kier alpha value is -1.88. The molecule has 0 bridgehead atoms. The molecule has 5 heteroatoms. The Morgan fingerprint density at radius 1 is 1.33 bits per heavy atom. The largest absolute Gasteiger partial charge is 0.463 e. The van der Waals surface area contributed by atoms with Gasteiger partial charge in [0.05, 0.1) is 0 Å². The zero-order valence-corrected chi connectivity index (χ0v) is 10.9. The molecule has 0 saturated carbocycles. The van der Waals surface area contributed by atoms with Crippen LogP contribution in [0.25, 0.3) is 0 Å². The second kappa shape index (κ2) is 4.78. The number of aryl methyl sites for hydroxylation is 1. The van der Waals surface area contributed by atoms with Gasteiger partial charge >= 0.3 is 0 Å². The summed E-state index contributed by atoms with van der Waals surface area (Å²) in [5.74, 6) is 1.41. The van der Waals surface area contributed by atoms with E-state index in [1.165, 1.54) is 0 Å². The predicted octanol–water partition coefficient (Wildman–Crippen LogP) is 1.59. The van der Waals surface area contributed by atoms with E-state index in [2.05, 4.69) is 9.97 Å². The van der Waals surface area contributed by atoms with E-state index in [4.69, 9.17) is 10.5 Å². The summed E-state index contributed by atoms with van der Waals surface area (Å²) in [6.45, 7) is 4.33. The Morgan fingerprint density at radius 2 is 2.11 bits per heavy atom. The van der Waals surface area contributed by atoms with Crippen LogP contribution in [0.15, 0.2) is 30.7 Å². The van der Waals surface area contributed by atoms with Gasteiger partial charge in [0, 0.05) is 37.7 Å². The number of nitrogens with two attached hydrogens (primary N) is 1. The molecule has 2 N–H and O–H groups in total. The third-order valence-electron chi connectivity index (χ3n) is 2.78. The SMILES string of the molecule is Cn1ccnc1C(C)(C)Oc1ncccc1CN. The Labute approximate surface area is 107 Å². The average molecular weight is 246 g/mol. The minimum absolute atomic E-state index is 0.403. The molecule has 0 aliphatic rings. The van der Waals surface area contributed by atoms with Crippen molar-refractivity contribution in [2.45, 2.75) is 26.0 Å². The fourth-order valence-corrected chi connectivity index (χ4v) is 1.90. The van der Waals surface area contributed by atoms with Crippen molar-refractivity contribution in [2.24, 2.45) is 12.8 Å². The van der Waals surface area contributed by atoms with Gasteiger partial charge in [-0.2, -0.15) is 0 Å². The molecule has 2 rings (SSSR count). The highest BCUT2D eigenvalue weighted by Crippen LogP contribution is 2.26. The van der Waals surface area contributed by atoms with E-state index in [9.17, 15) is 0 Å². The van der Waals surface area contributed by atoms with Crippen LogP contribution in [0, 0.1) is 0 Å². The van der Waals surface area contributed by atoms with Gasteiger partial charge in [0.1, 0.15) is 0 Å². The monoisotopic (exact) mass is 246 g/mol. The first kappa shape index (κ1) is 12.6. The van der Waals surface area contributed by atoms with Crippen LogP contribution in [0.3, 0.4) is 0 Å². The van der Waals surface area contributed by atoms with E-state index in [1.807, 2.05) is 43.8 Å². The molecule has 0 aromatic carbocycles. The molecular formula is C13H18N4O. The normalized spacial score (nSPS) is 11.6. The van der Waals surface area contributed by atoms with Gasteiger partial charge in [-0.3, -0.25) is 0 Å². The van der Waals surface area contributed by atoms with Crippen LogP contribution in [0.4, 0.5) is 0 Å². The van der Waals surface area contributed by atoms with E-state index < -0.39 is 5.60 Å². The van der Waals surface area contributed by atoms with Crippen LogP contribution in [-0.2, 0) is 19.2 Å². The van der Waals surface area contributed by atoms with Crippen LogP contribution >= 0.6 is 0 Å². The standard InChI is InChI=1S/C13H18N4O/c1-13(2,12-16-7-8-17(12)3)18-11-10(9-14)5-4-6-15-11/h4-8H,9,14H2,1-3H3. The van der Waals surface area contributed by atoms with Gasteiger partial charge in [0.15, 0.2) is 11.4 Å². The lowest BCUT2D eigenvalue weighted by Crippen LogP contribution is -2.30. The van der Waals surface area contributed by atoms with E-state index in [1.54, 1.807) is 12.4 Å². The number of hydrogen-bond acceptors (Lipinski definition) is 4. The maximum atomic E-state index is 5.97. The van der Waals surface area contributed by atoms with Crippen LogP contribution < -0.4 is 10.5 Å². The van der Waals surface area contributed by atoms with Gasteiger partial charge in [-0.1, -0.05) is 6.07 Å². The Balaban J connectivity index is 2.30. The van der Waals surface area contributed by atoms with Gasteiger partial charge in [-0.05, 0) is 19.9 Å². The summed E-state index contributed by atoms with van der Waals surface area (Å²) in [5.41, 5.74) is 6.01. The lowest BCUT2D eigenvalue weighted by Gasteiger charge is -2.26. The van der Waals surface area contributed by atoms with Gasteiger partial charge in [-0.15, -0.1) is 0 Å². The highest BCUT2D eigenvalue weighted by molar-refractivity contribution is 5.26. The molecule has 0 aliphatic carbocycles. The molecule has 0 spiro atoms. The van der Waals surface area contributed by atoms with Gasteiger partial charge in [0.2, 0.25) is 5.88 Å². The molecule has 96 valence electrons. The van der Waals surface area contributed by atoms with Crippen LogP contribution in [-0.4, -0.2) is 14.5 Å². The van der Waals surface area contributed by atoms with E-state index >= 15 is 0 Å². The number of nitrogens with zero attached hydrogens (tertiary/aromatic N) is 3. The molecule has 2 aromatic rings. The zero-order chi connectivity index (χ0) is 13.2. The lowest BCUT2D eigenvalue weighted by molar-refractivity contribution is 0.0879. The minimum Gasteiger partial charge on any atom is -0.463 e. The molecule has 0 saturated heterocycles. The number of imidazole rings is 1. The molecule has 2 aromatic heterocycles. The third kappa shape index (κ3) is 2.36. The first-order chi connectivity index (χ1) is 8.54. The van der Waals surface area contributed by atoms with Gasteiger partial charge in [-0.25, -0.2) is 9.97 Å². The fourth-order valence-electron chi connectivity index (χ4n) is 1.90. The Morgan fingerprint density at radius 3 is 2.72 bits per heavy atom. The van der Waals surface area contributed by atoms with E-state index in [0.717, 1.165) is 11.4 Å². The van der Waals surface area contributed by atoms with E-state index in [-0.39, 0.29) is 0 Å². The van der Waals surface area contributed by atoms with Gasteiger partial charge < -0.3 is 15.0 Å². The van der Waals surface area contributed by atoms with Gasteiger partial charge in [0.25, 0.3) is 0 Å². The van der Waals surface area contributed by atoms with Crippen molar-refractivity contribution in [1.29, 1.82) is 0 Å². The third-order valence-corrected chi connectivity index (χ3v) is 2.78. The first-order valence-corrected chi connectivity index (χ1v) is 5.85. The maximum Gasteiger partial charge on any atom is 0.218 e.